The van der Waals surface area contributed by atoms with Gasteiger partial charge in [-0.2, -0.15) is 0 Å². The molecule has 0 spiro atoms. The lowest BCUT2D eigenvalue weighted by Gasteiger charge is -2.31. The van der Waals surface area contributed by atoms with E-state index in [-0.39, 0.29) is 25.0 Å². The average Bonchev–Trinajstić information content (AvgIpc) is 2.89. The maximum atomic E-state index is 13.7. The zero-order valence-corrected chi connectivity index (χ0v) is 23.1. The summed E-state index contributed by atoms with van der Waals surface area (Å²) in [7, 11) is 0. The third-order valence-electron chi connectivity index (χ3n) is 6.17. The van der Waals surface area contributed by atoms with E-state index < -0.39 is 6.04 Å². The van der Waals surface area contributed by atoms with Gasteiger partial charge in [0.25, 0.3) is 5.91 Å². The van der Waals surface area contributed by atoms with Crippen LogP contribution >= 0.6 is 23.2 Å². The minimum atomic E-state index is -0.736. The Bertz CT molecular complexity index is 1180. The Morgan fingerprint density at radius 2 is 1.62 bits per heavy atom. The molecule has 37 heavy (non-hydrogen) atoms. The minimum Gasteiger partial charge on any atom is -0.484 e. The van der Waals surface area contributed by atoms with Crippen LogP contribution < -0.4 is 10.1 Å². The first kappa shape index (κ1) is 28.5. The topological polar surface area (TPSA) is 58.6 Å². The molecule has 0 aliphatic heterocycles. The van der Waals surface area contributed by atoms with Crippen LogP contribution in [0.1, 0.15) is 42.0 Å². The SMILES string of the molecule is CCCCNC(=O)C(Cc1ccccc1)N(Cc1ccccc1Cl)C(=O)COc1cc(C)c(Cl)c(C)c1. The maximum absolute atomic E-state index is 13.7. The van der Waals surface area contributed by atoms with E-state index in [1.54, 1.807) is 23.1 Å². The number of halogens is 2. The summed E-state index contributed by atoms with van der Waals surface area (Å²) >= 11 is 12.7. The van der Waals surface area contributed by atoms with Crippen molar-refractivity contribution >= 4 is 35.0 Å². The number of hydrogen-bond acceptors (Lipinski definition) is 3. The van der Waals surface area contributed by atoms with Gasteiger partial charge in [-0.1, -0.05) is 85.1 Å². The average molecular weight is 542 g/mol. The number of aryl methyl sites for hydroxylation is 2. The number of unbranched alkanes of at least 4 members (excludes halogenated alkanes) is 1. The Labute approximate surface area is 229 Å². The van der Waals surface area contributed by atoms with Crippen molar-refractivity contribution in [3.63, 3.8) is 0 Å². The predicted octanol–water partition coefficient (Wildman–Crippen LogP) is 6.55. The molecule has 0 bridgehead atoms. The molecule has 1 N–H and O–H groups in total. The summed E-state index contributed by atoms with van der Waals surface area (Å²) in [6, 6.07) is 19.9. The van der Waals surface area contributed by atoms with E-state index in [1.165, 1.54) is 0 Å². The van der Waals surface area contributed by atoms with Crippen molar-refractivity contribution in [2.24, 2.45) is 0 Å². The van der Waals surface area contributed by atoms with Crippen molar-refractivity contribution in [3.8, 4) is 5.75 Å². The first-order chi connectivity index (χ1) is 17.8. The number of amides is 2. The van der Waals surface area contributed by atoms with E-state index >= 15 is 0 Å². The van der Waals surface area contributed by atoms with E-state index in [2.05, 4.69) is 12.2 Å². The van der Waals surface area contributed by atoms with Gasteiger partial charge in [-0.25, -0.2) is 0 Å². The number of hydrogen-bond donors (Lipinski definition) is 1. The van der Waals surface area contributed by atoms with Crippen molar-refractivity contribution in [2.45, 2.75) is 52.6 Å². The van der Waals surface area contributed by atoms with Crippen molar-refractivity contribution in [3.05, 3.63) is 99.0 Å². The summed E-state index contributed by atoms with van der Waals surface area (Å²) in [5.74, 6) is 0.0464. The molecule has 3 aromatic carbocycles. The van der Waals surface area contributed by atoms with Gasteiger partial charge in [0.1, 0.15) is 11.8 Å². The molecule has 1 unspecified atom stereocenters. The Kier molecular flexibility index (Phi) is 10.8. The highest BCUT2D eigenvalue weighted by molar-refractivity contribution is 6.32. The van der Waals surface area contributed by atoms with E-state index in [9.17, 15) is 9.59 Å². The van der Waals surface area contributed by atoms with Gasteiger partial charge >= 0.3 is 0 Å². The molecule has 0 aliphatic carbocycles. The lowest BCUT2D eigenvalue weighted by atomic mass is 10.0. The lowest BCUT2D eigenvalue weighted by molar-refractivity contribution is -0.142. The van der Waals surface area contributed by atoms with Gasteiger partial charge in [0.05, 0.1) is 0 Å². The van der Waals surface area contributed by atoms with E-state index in [4.69, 9.17) is 27.9 Å². The quantitative estimate of drug-likeness (QED) is 0.265. The number of nitrogens with zero attached hydrogens (tertiary/aromatic N) is 1. The number of rotatable bonds is 12. The van der Waals surface area contributed by atoms with Gasteiger partial charge in [0.2, 0.25) is 5.91 Å². The zero-order valence-electron chi connectivity index (χ0n) is 21.6. The number of benzene rings is 3. The monoisotopic (exact) mass is 540 g/mol. The molecule has 3 aromatic rings. The first-order valence-corrected chi connectivity index (χ1v) is 13.3. The van der Waals surface area contributed by atoms with Gasteiger partial charge in [-0.15, -0.1) is 0 Å². The van der Waals surface area contributed by atoms with Gasteiger partial charge in [0.15, 0.2) is 6.61 Å². The van der Waals surface area contributed by atoms with Gasteiger partial charge in [0, 0.05) is 29.6 Å². The van der Waals surface area contributed by atoms with Crippen LogP contribution in [0, 0.1) is 13.8 Å². The fraction of sp³-hybridized carbons (Fsp3) is 0.333. The molecule has 196 valence electrons. The largest absolute Gasteiger partial charge is 0.484 e. The standard InChI is InChI=1S/C30H34Cl2N2O3/c1-4-5-15-33-30(36)27(18-23-11-7-6-8-12-23)34(19-24-13-9-10-14-26(24)31)28(35)20-37-25-16-21(2)29(32)22(3)17-25/h6-14,16-17,27H,4-5,15,18-20H2,1-3H3,(H,33,36). The second kappa shape index (κ2) is 14.1. The second-order valence-corrected chi connectivity index (χ2v) is 9.91. The van der Waals surface area contributed by atoms with Crippen molar-refractivity contribution < 1.29 is 14.3 Å². The lowest BCUT2D eigenvalue weighted by Crippen LogP contribution is -2.51. The summed E-state index contributed by atoms with van der Waals surface area (Å²) in [6.45, 7) is 6.36. The number of nitrogens with one attached hydrogen (secondary N) is 1. The van der Waals surface area contributed by atoms with Crippen LogP contribution in [0.4, 0.5) is 0 Å². The Morgan fingerprint density at radius 1 is 0.973 bits per heavy atom. The summed E-state index contributed by atoms with van der Waals surface area (Å²) < 4.78 is 5.90. The van der Waals surface area contributed by atoms with Gasteiger partial charge < -0.3 is 15.0 Å². The molecule has 1 atom stereocenters. The molecule has 0 heterocycles. The molecule has 0 aromatic heterocycles. The Balaban J connectivity index is 1.91. The van der Waals surface area contributed by atoms with E-state index in [1.807, 2.05) is 62.4 Å². The molecule has 0 fully saturated rings. The number of carbonyl (C=O) groups excluding carboxylic acids is 2. The third kappa shape index (κ3) is 8.24. The first-order valence-electron chi connectivity index (χ1n) is 12.5. The molecule has 0 saturated heterocycles. The highest BCUT2D eigenvalue weighted by Crippen LogP contribution is 2.26. The summed E-state index contributed by atoms with van der Waals surface area (Å²) in [5, 5.41) is 4.22. The molecule has 0 radical (unpaired) electrons. The summed E-state index contributed by atoms with van der Waals surface area (Å²) in [5.41, 5.74) is 3.46. The second-order valence-electron chi connectivity index (χ2n) is 9.12. The smallest absolute Gasteiger partial charge is 0.261 e. The van der Waals surface area contributed by atoms with Gasteiger partial charge in [-0.05, 0) is 60.7 Å². The summed E-state index contributed by atoms with van der Waals surface area (Å²) in [4.78, 5) is 28.7. The maximum Gasteiger partial charge on any atom is 0.261 e. The van der Waals surface area contributed by atoms with Crippen molar-refractivity contribution in [1.82, 2.24) is 10.2 Å². The highest BCUT2D eigenvalue weighted by atomic mass is 35.5. The van der Waals surface area contributed by atoms with Crippen LogP contribution in [0.5, 0.6) is 5.75 Å². The number of carbonyl (C=O) groups is 2. The zero-order chi connectivity index (χ0) is 26.8. The van der Waals surface area contributed by atoms with E-state index in [0.29, 0.717) is 28.8 Å². The summed E-state index contributed by atoms with van der Waals surface area (Å²) in [6.07, 6.45) is 2.19. The molecule has 2 amide bonds. The number of ether oxygens (including phenoxy) is 1. The van der Waals surface area contributed by atoms with Crippen LogP contribution in [-0.2, 0) is 22.6 Å². The van der Waals surface area contributed by atoms with E-state index in [0.717, 1.165) is 35.1 Å². The molecule has 0 saturated carbocycles. The van der Waals surface area contributed by atoms with Crippen LogP contribution in [0.3, 0.4) is 0 Å². The normalized spacial score (nSPS) is 11.6. The van der Waals surface area contributed by atoms with Crippen LogP contribution in [0.15, 0.2) is 66.7 Å². The Hall–Kier alpha value is -3.02. The molecular weight excluding hydrogens is 507 g/mol. The Morgan fingerprint density at radius 3 is 2.27 bits per heavy atom. The highest BCUT2D eigenvalue weighted by Gasteiger charge is 2.31. The van der Waals surface area contributed by atoms with Crippen LogP contribution in [-0.4, -0.2) is 35.9 Å². The molecule has 3 rings (SSSR count). The molecule has 7 heteroatoms. The fourth-order valence-electron chi connectivity index (χ4n) is 4.09. The minimum absolute atomic E-state index is 0.180. The predicted molar refractivity (Wildman–Crippen MR) is 150 cm³/mol. The molecule has 5 nitrogen and oxygen atoms in total. The van der Waals surface area contributed by atoms with Crippen LogP contribution in [0.25, 0.3) is 0 Å². The van der Waals surface area contributed by atoms with Crippen molar-refractivity contribution in [2.75, 3.05) is 13.2 Å². The molecular formula is C30H34Cl2N2O3. The van der Waals surface area contributed by atoms with Crippen LogP contribution in [0.2, 0.25) is 10.0 Å². The van der Waals surface area contributed by atoms with Crippen molar-refractivity contribution in [1.29, 1.82) is 0 Å². The fourth-order valence-corrected chi connectivity index (χ4v) is 4.39. The third-order valence-corrected chi connectivity index (χ3v) is 7.14. The molecule has 0 aliphatic rings. The van der Waals surface area contributed by atoms with Gasteiger partial charge in [-0.3, -0.25) is 9.59 Å².